The molecule has 30 heavy (non-hydrogen) atoms. The highest BCUT2D eigenvalue weighted by molar-refractivity contribution is 5.90. The Morgan fingerprint density at radius 3 is 2.83 bits per heavy atom. The maximum absolute atomic E-state index is 14.7. The molecule has 2 aliphatic rings. The minimum Gasteiger partial charge on any atom is -0.491 e. The van der Waals surface area contributed by atoms with Crippen molar-refractivity contribution in [3.05, 3.63) is 24.1 Å². The number of cyclic esters (lactones) is 1. The number of anilines is 2. The Bertz CT molecular complexity index is 1010. The summed E-state index contributed by atoms with van der Waals surface area (Å²) in [6.07, 6.45) is -2.31. The van der Waals surface area contributed by atoms with Gasteiger partial charge in [0.05, 0.1) is 17.8 Å². The number of imidazole rings is 1. The first-order chi connectivity index (χ1) is 14.3. The molecule has 1 aromatic carbocycles. The predicted octanol–water partition coefficient (Wildman–Crippen LogP) is 1.96. The Hall–Kier alpha value is -3.44. The van der Waals surface area contributed by atoms with Gasteiger partial charge in [-0.15, -0.1) is 0 Å². The van der Waals surface area contributed by atoms with E-state index in [1.54, 1.807) is 4.57 Å². The van der Waals surface area contributed by atoms with Crippen LogP contribution in [-0.2, 0) is 16.1 Å². The summed E-state index contributed by atoms with van der Waals surface area (Å²) < 4.78 is 53.2. The number of aromatic nitrogens is 2. The third-order valence-electron chi connectivity index (χ3n) is 4.91. The highest BCUT2D eigenvalue weighted by atomic mass is 19.3. The molecule has 160 valence electrons. The van der Waals surface area contributed by atoms with Crippen molar-refractivity contribution in [2.24, 2.45) is 5.73 Å². The normalized spacial score (nSPS) is 18.9. The van der Waals surface area contributed by atoms with Crippen LogP contribution < -0.4 is 20.7 Å². The summed E-state index contributed by atoms with van der Waals surface area (Å²) in [7, 11) is 0. The van der Waals surface area contributed by atoms with Crippen molar-refractivity contribution >= 4 is 23.5 Å². The van der Waals surface area contributed by atoms with E-state index in [0.29, 0.717) is 6.54 Å². The van der Waals surface area contributed by atoms with Gasteiger partial charge >= 0.3 is 6.09 Å². The first-order valence-electron chi connectivity index (χ1n) is 9.10. The summed E-state index contributed by atoms with van der Waals surface area (Å²) in [4.78, 5) is 28.3. The lowest BCUT2D eigenvalue weighted by Gasteiger charge is -2.18. The van der Waals surface area contributed by atoms with Gasteiger partial charge in [0.15, 0.2) is 5.82 Å². The minimum absolute atomic E-state index is 0.0150. The maximum Gasteiger partial charge on any atom is 0.416 e. The number of carbonyl (C=O) groups excluding carboxylic acids is 2. The number of benzene rings is 1. The second-order valence-electron chi connectivity index (χ2n) is 6.91. The Kier molecular flexibility index (Phi) is 4.92. The fourth-order valence-electron chi connectivity index (χ4n) is 3.31. The van der Waals surface area contributed by atoms with Gasteiger partial charge in [-0.1, -0.05) is 0 Å². The first-order valence-corrected chi connectivity index (χ1v) is 9.10. The SMILES string of the molecule is C[C@H](Nc1cc2c(cc1F)-c1nc(N3C(=O)OC[C@H]3C(F)F)cn1CCO2)C(N)=O. The van der Waals surface area contributed by atoms with Crippen molar-refractivity contribution in [3.8, 4) is 17.1 Å². The molecule has 1 fully saturated rings. The number of carbonyl (C=O) groups is 2. The molecule has 9 nitrogen and oxygen atoms in total. The second kappa shape index (κ2) is 7.43. The molecule has 2 amide bonds. The lowest BCUT2D eigenvalue weighted by atomic mass is 10.1. The molecule has 2 atom stereocenters. The van der Waals surface area contributed by atoms with Crippen LogP contribution in [0.1, 0.15) is 6.92 Å². The van der Waals surface area contributed by atoms with E-state index in [0.717, 1.165) is 11.0 Å². The number of fused-ring (bicyclic) bond motifs is 3. The zero-order valence-electron chi connectivity index (χ0n) is 15.8. The number of ether oxygens (including phenoxy) is 2. The fourth-order valence-corrected chi connectivity index (χ4v) is 3.31. The first kappa shape index (κ1) is 19.9. The average Bonchev–Trinajstić information content (AvgIpc) is 3.23. The number of rotatable bonds is 5. The van der Waals surface area contributed by atoms with Crippen LogP contribution in [-0.4, -0.2) is 53.3 Å². The molecule has 0 radical (unpaired) electrons. The Labute approximate surface area is 168 Å². The zero-order chi connectivity index (χ0) is 21.6. The average molecular weight is 425 g/mol. The van der Waals surface area contributed by atoms with E-state index in [9.17, 15) is 22.8 Å². The van der Waals surface area contributed by atoms with E-state index in [4.69, 9.17) is 15.2 Å². The van der Waals surface area contributed by atoms with Crippen LogP contribution in [0.3, 0.4) is 0 Å². The molecular weight excluding hydrogens is 407 g/mol. The van der Waals surface area contributed by atoms with E-state index >= 15 is 0 Å². The van der Waals surface area contributed by atoms with E-state index in [-0.39, 0.29) is 35.2 Å². The van der Waals surface area contributed by atoms with Gasteiger partial charge in [-0.25, -0.2) is 27.8 Å². The molecule has 4 rings (SSSR count). The standard InChI is InChI=1S/C18H18F3N5O4/c1-8(16(22)27)23-11-5-13-9(4-10(11)19)17-24-14(6-25(17)2-3-29-13)26-12(15(20)21)7-30-18(26)28/h4-6,8,12,15,23H,2-3,7H2,1H3,(H2,22,27)/t8-,12-/m0/s1. The van der Waals surface area contributed by atoms with Gasteiger partial charge in [0, 0.05) is 12.3 Å². The molecule has 0 spiro atoms. The van der Waals surface area contributed by atoms with Crippen LogP contribution in [0.5, 0.6) is 5.75 Å². The van der Waals surface area contributed by atoms with Crippen molar-refractivity contribution in [2.75, 3.05) is 23.4 Å². The van der Waals surface area contributed by atoms with Gasteiger partial charge in [-0.2, -0.15) is 0 Å². The summed E-state index contributed by atoms with van der Waals surface area (Å²) in [6, 6.07) is 0.266. The van der Waals surface area contributed by atoms with E-state index in [1.165, 1.54) is 19.2 Å². The van der Waals surface area contributed by atoms with Gasteiger partial charge in [-0.05, 0) is 13.0 Å². The van der Waals surface area contributed by atoms with Gasteiger partial charge < -0.3 is 25.1 Å². The van der Waals surface area contributed by atoms with Crippen molar-refractivity contribution < 1.29 is 32.2 Å². The minimum atomic E-state index is -2.81. The number of hydrogen-bond acceptors (Lipinski definition) is 6. The summed E-state index contributed by atoms with van der Waals surface area (Å²) in [6.45, 7) is 1.53. The molecule has 3 N–H and O–H groups in total. The number of nitrogens with zero attached hydrogens (tertiary/aromatic N) is 3. The Morgan fingerprint density at radius 1 is 1.37 bits per heavy atom. The topological polar surface area (TPSA) is 112 Å². The van der Waals surface area contributed by atoms with Crippen LogP contribution in [0.2, 0.25) is 0 Å². The smallest absolute Gasteiger partial charge is 0.416 e. The van der Waals surface area contributed by atoms with Gasteiger partial charge in [0.1, 0.15) is 42.7 Å². The molecule has 12 heteroatoms. The highest BCUT2D eigenvalue weighted by Gasteiger charge is 2.42. The highest BCUT2D eigenvalue weighted by Crippen LogP contribution is 2.38. The lowest BCUT2D eigenvalue weighted by molar-refractivity contribution is -0.118. The summed E-state index contributed by atoms with van der Waals surface area (Å²) in [5, 5.41) is 2.67. The molecular formula is C18H18F3N5O4. The largest absolute Gasteiger partial charge is 0.491 e. The molecule has 0 unspecified atom stereocenters. The van der Waals surface area contributed by atoms with Gasteiger partial charge in [-0.3, -0.25) is 4.79 Å². The number of halogens is 3. The van der Waals surface area contributed by atoms with E-state index < -0.39 is 42.9 Å². The van der Waals surface area contributed by atoms with Gasteiger partial charge in [0.25, 0.3) is 6.43 Å². The number of hydrogen-bond donors (Lipinski definition) is 2. The van der Waals surface area contributed by atoms with Crippen LogP contribution in [0.4, 0.5) is 29.5 Å². The molecule has 2 aliphatic heterocycles. The van der Waals surface area contributed by atoms with Crippen molar-refractivity contribution in [2.45, 2.75) is 32.0 Å². The zero-order valence-corrected chi connectivity index (χ0v) is 15.8. The third kappa shape index (κ3) is 3.37. The van der Waals surface area contributed by atoms with Crippen LogP contribution in [0.15, 0.2) is 18.3 Å². The van der Waals surface area contributed by atoms with Crippen LogP contribution in [0, 0.1) is 5.82 Å². The van der Waals surface area contributed by atoms with E-state index in [1.807, 2.05) is 0 Å². The maximum atomic E-state index is 14.7. The second-order valence-corrected chi connectivity index (χ2v) is 6.91. The molecule has 1 saturated heterocycles. The molecule has 0 bridgehead atoms. The molecule has 1 aromatic heterocycles. The van der Waals surface area contributed by atoms with Crippen LogP contribution >= 0.6 is 0 Å². The number of nitrogens with two attached hydrogens (primary N) is 1. The summed E-state index contributed by atoms with van der Waals surface area (Å²) in [5.74, 6) is -0.832. The summed E-state index contributed by atoms with van der Waals surface area (Å²) >= 11 is 0. The lowest BCUT2D eigenvalue weighted by Crippen LogP contribution is -2.38. The molecule has 3 heterocycles. The molecule has 2 aromatic rings. The quantitative estimate of drug-likeness (QED) is 0.758. The molecule has 0 saturated carbocycles. The third-order valence-corrected chi connectivity index (χ3v) is 4.91. The fraction of sp³-hybridized carbons (Fsp3) is 0.389. The summed E-state index contributed by atoms with van der Waals surface area (Å²) in [5.41, 5.74) is 5.49. The van der Waals surface area contributed by atoms with E-state index in [2.05, 4.69) is 10.3 Å². The number of alkyl halides is 2. The van der Waals surface area contributed by atoms with Gasteiger partial charge in [0.2, 0.25) is 5.91 Å². The monoisotopic (exact) mass is 425 g/mol. The Balaban J connectivity index is 1.73. The predicted molar refractivity (Wildman–Crippen MR) is 99.0 cm³/mol. The number of amides is 2. The molecule has 0 aliphatic carbocycles. The number of primary amides is 1. The Morgan fingerprint density at radius 2 is 2.13 bits per heavy atom. The number of nitrogens with one attached hydrogen (secondary N) is 1. The van der Waals surface area contributed by atoms with Crippen LogP contribution in [0.25, 0.3) is 11.4 Å². The van der Waals surface area contributed by atoms with Crippen molar-refractivity contribution in [1.29, 1.82) is 0 Å². The van der Waals surface area contributed by atoms with Crippen molar-refractivity contribution in [3.63, 3.8) is 0 Å². The van der Waals surface area contributed by atoms with Crippen molar-refractivity contribution in [1.82, 2.24) is 9.55 Å².